The van der Waals surface area contributed by atoms with Crippen LogP contribution in [0.1, 0.15) is 29.7 Å². The Morgan fingerprint density at radius 1 is 1.14 bits per heavy atom. The van der Waals surface area contributed by atoms with E-state index in [-0.39, 0.29) is 13.2 Å². The Hall–Kier alpha value is -2.66. The number of ether oxygens (including phenoxy) is 3. The van der Waals surface area contributed by atoms with E-state index in [9.17, 15) is 13.7 Å². The highest BCUT2D eigenvalue weighted by atomic mass is 32.2. The Balaban J connectivity index is 1.32. The van der Waals surface area contributed by atoms with Gasteiger partial charge in [0.15, 0.2) is 6.10 Å². The molecule has 0 aliphatic carbocycles. The second kappa shape index (κ2) is 9.33. The van der Waals surface area contributed by atoms with Crippen molar-refractivity contribution in [2.75, 3.05) is 24.7 Å². The Labute approximate surface area is 209 Å². The van der Waals surface area contributed by atoms with Crippen LogP contribution in [0, 0.1) is 12.7 Å². The van der Waals surface area contributed by atoms with Crippen molar-refractivity contribution in [1.82, 2.24) is 9.97 Å². The number of rotatable bonds is 5. The molecule has 4 heterocycles. The molecule has 4 atom stereocenters. The van der Waals surface area contributed by atoms with E-state index in [1.54, 1.807) is 6.07 Å². The molecule has 190 valence electrons. The molecule has 8 nitrogen and oxygen atoms in total. The van der Waals surface area contributed by atoms with Crippen LogP contribution in [0.4, 0.5) is 10.1 Å². The second-order valence-corrected chi connectivity index (χ2v) is 12.2. The van der Waals surface area contributed by atoms with Crippen LogP contribution >= 0.6 is 0 Å². The largest absolute Gasteiger partial charge is 0.485 e. The second-order valence-electron chi connectivity index (χ2n) is 9.70. The van der Waals surface area contributed by atoms with Gasteiger partial charge in [0.25, 0.3) is 0 Å². The maximum atomic E-state index is 14.2. The predicted octanol–water partition coefficient (Wildman–Crippen LogP) is 3.47. The van der Waals surface area contributed by atoms with Crippen LogP contribution in [0.5, 0.6) is 5.75 Å². The van der Waals surface area contributed by atoms with E-state index in [4.69, 9.17) is 14.2 Å². The summed E-state index contributed by atoms with van der Waals surface area (Å²) in [4.78, 5) is 8.99. The third-order valence-electron chi connectivity index (χ3n) is 7.09. The van der Waals surface area contributed by atoms with Crippen molar-refractivity contribution in [3.05, 3.63) is 59.3 Å². The molecule has 3 fully saturated rings. The van der Waals surface area contributed by atoms with Crippen molar-refractivity contribution in [2.24, 2.45) is 4.36 Å². The first-order valence-corrected chi connectivity index (χ1v) is 14.1. The van der Waals surface area contributed by atoms with Gasteiger partial charge in [0.1, 0.15) is 36.2 Å². The fraction of sp³-hybridized carbons (Fsp3) is 0.462. The third kappa shape index (κ3) is 4.47. The Kier molecular flexibility index (Phi) is 6.15. The van der Waals surface area contributed by atoms with Gasteiger partial charge in [0.05, 0.1) is 39.8 Å². The highest BCUT2D eigenvalue weighted by molar-refractivity contribution is 7.93. The zero-order chi connectivity index (χ0) is 24.9. The molecule has 0 amide bonds. The van der Waals surface area contributed by atoms with Gasteiger partial charge >= 0.3 is 0 Å². The topological polar surface area (TPSA) is 103 Å². The lowest BCUT2D eigenvalue weighted by Gasteiger charge is -2.20. The summed E-state index contributed by atoms with van der Waals surface area (Å²) in [7, 11) is -2.19. The predicted molar refractivity (Wildman–Crippen MR) is 133 cm³/mol. The first kappa shape index (κ1) is 23.7. The van der Waals surface area contributed by atoms with Crippen LogP contribution in [-0.2, 0) is 25.6 Å². The molecule has 3 saturated heterocycles. The van der Waals surface area contributed by atoms with Crippen molar-refractivity contribution in [2.45, 2.75) is 50.6 Å². The SMILES string of the molecule is Cc1cc(N=S2(=O)CCCC2)cc2ncnc(Cc3ccc(F)cc3O[C@@H]3CO[C@H]4[C@@H]3OC[C@@H]4O)c12. The van der Waals surface area contributed by atoms with Crippen LogP contribution in [0.15, 0.2) is 41.0 Å². The molecule has 0 spiro atoms. The molecule has 0 saturated carbocycles. The number of halogens is 1. The highest BCUT2D eigenvalue weighted by Crippen LogP contribution is 2.34. The normalized spacial score (nSPS) is 26.9. The van der Waals surface area contributed by atoms with Gasteiger partial charge in [-0.05, 0) is 43.5 Å². The maximum Gasteiger partial charge on any atom is 0.151 e. The van der Waals surface area contributed by atoms with Gasteiger partial charge in [0.2, 0.25) is 0 Å². The molecule has 3 aliphatic heterocycles. The summed E-state index contributed by atoms with van der Waals surface area (Å²) in [6, 6.07) is 8.25. The Bertz CT molecular complexity index is 1430. The number of fused-ring (bicyclic) bond motifs is 2. The van der Waals surface area contributed by atoms with Gasteiger partial charge < -0.3 is 19.3 Å². The monoisotopic (exact) mass is 513 g/mol. The van der Waals surface area contributed by atoms with Crippen LogP contribution in [-0.4, -0.2) is 68.4 Å². The van der Waals surface area contributed by atoms with Gasteiger partial charge in [-0.2, -0.15) is 4.36 Å². The first-order valence-electron chi connectivity index (χ1n) is 12.2. The lowest BCUT2D eigenvalue weighted by Crippen LogP contribution is -2.34. The van der Waals surface area contributed by atoms with E-state index in [0.717, 1.165) is 40.6 Å². The van der Waals surface area contributed by atoms with Crippen molar-refractivity contribution in [3.63, 3.8) is 0 Å². The van der Waals surface area contributed by atoms with E-state index < -0.39 is 40.0 Å². The average Bonchev–Trinajstić information content (AvgIpc) is 3.54. The average molecular weight is 514 g/mol. The molecule has 6 rings (SSSR count). The van der Waals surface area contributed by atoms with E-state index >= 15 is 0 Å². The Morgan fingerprint density at radius 2 is 1.94 bits per heavy atom. The van der Waals surface area contributed by atoms with Gasteiger partial charge in [-0.15, -0.1) is 0 Å². The lowest BCUT2D eigenvalue weighted by molar-refractivity contribution is 0.00843. The van der Waals surface area contributed by atoms with Crippen LogP contribution in [0.2, 0.25) is 0 Å². The molecule has 3 aliphatic rings. The molecule has 0 bridgehead atoms. The molecule has 0 radical (unpaired) electrons. The van der Waals surface area contributed by atoms with Gasteiger partial charge in [-0.1, -0.05) is 6.07 Å². The zero-order valence-electron chi connectivity index (χ0n) is 19.9. The summed E-state index contributed by atoms with van der Waals surface area (Å²) in [6.07, 6.45) is 1.84. The van der Waals surface area contributed by atoms with E-state index in [1.165, 1.54) is 18.5 Å². The fourth-order valence-corrected chi connectivity index (χ4v) is 7.54. The van der Waals surface area contributed by atoms with E-state index in [1.807, 2.05) is 19.1 Å². The quantitative estimate of drug-likeness (QED) is 0.557. The van der Waals surface area contributed by atoms with Gasteiger partial charge in [0, 0.05) is 34.9 Å². The first-order chi connectivity index (χ1) is 17.4. The van der Waals surface area contributed by atoms with E-state index in [0.29, 0.717) is 29.4 Å². The highest BCUT2D eigenvalue weighted by Gasteiger charge is 2.48. The van der Waals surface area contributed by atoms with E-state index in [2.05, 4.69) is 14.3 Å². The maximum absolute atomic E-state index is 14.2. The molecule has 1 aromatic heterocycles. The summed E-state index contributed by atoms with van der Waals surface area (Å²) in [6.45, 7) is 2.42. The number of hydrogen-bond donors (Lipinski definition) is 1. The summed E-state index contributed by atoms with van der Waals surface area (Å²) in [5.74, 6) is 1.27. The third-order valence-corrected chi connectivity index (χ3v) is 9.49. The minimum Gasteiger partial charge on any atom is -0.485 e. The number of aliphatic hydroxyl groups is 1. The smallest absolute Gasteiger partial charge is 0.151 e. The lowest BCUT2D eigenvalue weighted by atomic mass is 10.0. The summed E-state index contributed by atoms with van der Waals surface area (Å²) < 4.78 is 49.2. The number of benzene rings is 2. The molecular formula is C26H28FN3O5S. The number of aliphatic hydroxyl groups excluding tert-OH is 1. The minimum absolute atomic E-state index is 0.195. The number of aryl methyl sites for hydroxylation is 1. The van der Waals surface area contributed by atoms with Crippen molar-refractivity contribution in [1.29, 1.82) is 0 Å². The molecule has 3 aromatic rings. The van der Waals surface area contributed by atoms with Crippen molar-refractivity contribution < 1.29 is 27.9 Å². The number of hydrogen-bond acceptors (Lipinski definition) is 8. The summed E-state index contributed by atoms with van der Waals surface area (Å²) in [5, 5.41) is 10.9. The minimum atomic E-state index is -2.19. The molecular weight excluding hydrogens is 485 g/mol. The standard InChI is InChI=1S/C26H28FN3O5S/c1-15-8-18(30-36(32)6-2-3-7-36)11-20-24(15)19(28-14-29-20)9-16-4-5-17(27)10-22(16)35-23-13-34-25-21(31)12-33-26(23)25/h4-5,8,10-11,14,21,23,25-26,31H,2-3,6-7,9,12-13H2,1H3/t21-,23+,25+,26+/m0/s1. The number of nitrogens with zero attached hydrogens (tertiary/aromatic N) is 3. The number of aromatic nitrogens is 2. The zero-order valence-corrected chi connectivity index (χ0v) is 20.7. The van der Waals surface area contributed by atoms with Crippen LogP contribution < -0.4 is 4.74 Å². The van der Waals surface area contributed by atoms with Crippen LogP contribution in [0.3, 0.4) is 0 Å². The summed E-state index contributed by atoms with van der Waals surface area (Å²) >= 11 is 0. The van der Waals surface area contributed by atoms with Gasteiger partial charge in [-0.25, -0.2) is 18.6 Å². The van der Waals surface area contributed by atoms with Gasteiger partial charge in [-0.3, -0.25) is 0 Å². The van der Waals surface area contributed by atoms with Crippen molar-refractivity contribution in [3.8, 4) is 5.75 Å². The molecule has 36 heavy (non-hydrogen) atoms. The molecule has 2 aromatic carbocycles. The van der Waals surface area contributed by atoms with Crippen molar-refractivity contribution >= 4 is 26.3 Å². The summed E-state index contributed by atoms with van der Waals surface area (Å²) in [5.41, 5.74) is 3.88. The molecule has 10 heteroatoms. The molecule has 0 unspecified atom stereocenters. The Morgan fingerprint density at radius 3 is 2.78 bits per heavy atom. The molecule has 1 N–H and O–H groups in total. The van der Waals surface area contributed by atoms with Crippen LogP contribution in [0.25, 0.3) is 10.9 Å². The fourth-order valence-electron chi connectivity index (χ4n) is 5.35.